The van der Waals surface area contributed by atoms with E-state index in [-0.39, 0.29) is 8.73 Å². The summed E-state index contributed by atoms with van der Waals surface area (Å²) in [5.74, 6) is 6.76. The molecule has 0 heterocycles. The molecule has 0 bridgehead atoms. The van der Waals surface area contributed by atoms with E-state index in [0.29, 0.717) is 10.2 Å². The monoisotopic (exact) mass is 154 g/mol. The van der Waals surface area contributed by atoms with E-state index in [1.165, 1.54) is 0 Å². The Morgan fingerprint density at radius 2 is 2.38 bits per heavy atom. The minimum atomic E-state index is 0.139. The van der Waals surface area contributed by atoms with Gasteiger partial charge in [-0.2, -0.15) is 0 Å². The maximum atomic E-state index is 8.60. The normalized spacial score (nSPS) is 12.8. The summed E-state index contributed by atoms with van der Waals surface area (Å²) < 4.78 is 0. The third kappa shape index (κ3) is 2.84. The zero-order valence-corrected chi connectivity index (χ0v) is 6.52. The fraction of sp³-hybridized carbons (Fsp3) is 1.00. The van der Waals surface area contributed by atoms with Crippen molar-refractivity contribution in [2.24, 2.45) is 0 Å². The van der Waals surface area contributed by atoms with Gasteiger partial charge in [0.1, 0.15) is 0 Å². The van der Waals surface area contributed by atoms with Crippen LogP contribution in [0.5, 0.6) is 0 Å². The van der Waals surface area contributed by atoms with Crippen LogP contribution in [0.1, 0.15) is 0 Å². The first kappa shape index (κ1) is 8.66. The van der Waals surface area contributed by atoms with Crippen molar-refractivity contribution in [2.45, 2.75) is 0 Å². The predicted octanol–water partition coefficient (Wildman–Crippen LogP) is 1.16. The molecule has 8 heavy (non-hydrogen) atoms. The van der Waals surface area contributed by atoms with Crippen LogP contribution in [0, 0.1) is 0 Å². The molecule has 50 valence electrons. The van der Waals surface area contributed by atoms with Crippen molar-refractivity contribution in [3.63, 3.8) is 0 Å². The van der Waals surface area contributed by atoms with Crippen molar-refractivity contribution < 1.29 is 5.21 Å². The van der Waals surface area contributed by atoms with Gasteiger partial charge >= 0.3 is 0 Å². The number of hydrogen-bond donors (Lipinski definition) is 1. The molecule has 0 aliphatic carbocycles. The van der Waals surface area contributed by atoms with Crippen molar-refractivity contribution in [1.82, 2.24) is 10.2 Å². The molecule has 0 aromatic heterocycles. The lowest BCUT2D eigenvalue weighted by atomic mass is 12.0. The third-order valence-corrected chi connectivity index (χ3v) is 1.30. The summed E-state index contributed by atoms with van der Waals surface area (Å²) in [5.41, 5.74) is 0. The summed E-state index contributed by atoms with van der Waals surface area (Å²) in [6.07, 6.45) is 0. The lowest BCUT2D eigenvalue weighted by Gasteiger charge is -2.43. The van der Waals surface area contributed by atoms with E-state index in [1.807, 2.05) is 9.39 Å². The molecule has 0 aromatic carbocycles. The van der Waals surface area contributed by atoms with E-state index in [1.54, 1.807) is 6.66 Å². The van der Waals surface area contributed by atoms with E-state index >= 15 is 0 Å². The van der Waals surface area contributed by atoms with Crippen molar-refractivity contribution in [1.29, 1.82) is 0 Å². The molecule has 0 amide bonds. The van der Waals surface area contributed by atoms with Crippen LogP contribution in [0.4, 0.5) is 0 Å². The highest BCUT2D eigenvalue weighted by Gasteiger charge is 1.84. The van der Waals surface area contributed by atoms with Gasteiger partial charge in [0.2, 0.25) is 0 Å². The highest BCUT2D eigenvalue weighted by Crippen LogP contribution is 2.17. The lowest BCUT2D eigenvalue weighted by molar-refractivity contribution is -0.112. The first-order valence-electron chi connectivity index (χ1n) is 1.81. The van der Waals surface area contributed by atoms with Crippen molar-refractivity contribution in [2.75, 3.05) is 6.66 Å². The Kier molecular flexibility index (Phi) is 4.90. The van der Waals surface area contributed by atoms with Crippen LogP contribution in [0.3, 0.4) is 0 Å². The molecular formula is CH8N4OP2-2. The summed E-state index contributed by atoms with van der Waals surface area (Å²) in [6, 6.07) is 0. The van der Waals surface area contributed by atoms with E-state index in [2.05, 4.69) is 5.20 Å². The second-order valence-electron chi connectivity index (χ2n) is 0.918. The fourth-order valence-corrected chi connectivity index (χ4v) is 0.586. The van der Waals surface area contributed by atoms with Crippen molar-refractivity contribution in [3.05, 3.63) is 11.0 Å². The van der Waals surface area contributed by atoms with Gasteiger partial charge < -0.3 is 16.3 Å². The summed E-state index contributed by atoms with van der Waals surface area (Å²) in [5, 5.41) is 12.4. The van der Waals surface area contributed by atoms with E-state index < -0.39 is 0 Å². The molecule has 0 saturated carbocycles. The number of nitrogens with one attached hydrogen (secondary N) is 1. The molecule has 0 saturated heterocycles. The average molecular weight is 154 g/mol. The third-order valence-electron chi connectivity index (χ3n) is 0.489. The maximum Gasteiger partial charge on any atom is -0.00874 e. The Labute approximate surface area is 52.2 Å². The van der Waals surface area contributed by atoms with Gasteiger partial charge in [0.15, 0.2) is 0 Å². The van der Waals surface area contributed by atoms with Crippen LogP contribution in [-0.4, -0.2) is 22.0 Å². The van der Waals surface area contributed by atoms with E-state index in [4.69, 9.17) is 11.0 Å². The molecule has 2 N–H and O–H groups in total. The first-order valence-corrected chi connectivity index (χ1v) is 3.77. The van der Waals surface area contributed by atoms with Crippen LogP contribution >= 0.6 is 18.1 Å². The van der Waals surface area contributed by atoms with Crippen LogP contribution < -0.4 is 0 Å². The Hall–Kier alpha value is 0.660. The van der Waals surface area contributed by atoms with E-state index in [0.717, 1.165) is 0 Å². The predicted molar refractivity (Wildman–Crippen MR) is 37.1 cm³/mol. The van der Waals surface area contributed by atoms with Crippen LogP contribution in [0.25, 0.3) is 11.0 Å². The Bertz CT molecular complexity index is 54.0. The van der Waals surface area contributed by atoms with Crippen LogP contribution in [0.2, 0.25) is 0 Å². The van der Waals surface area contributed by atoms with Crippen LogP contribution in [0.15, 0.2) is 0 Å². The van der Waals surface area contributed by atoms with Gasteiger partial charge in [0, 0.05) is 0 Å². The smallest absolute Gasteiger partial charge is 0.00874 e. The molecule has 0 spiro atoms. The van der Waals surface area contributed by atoms with Gasteiger partial charge in [0.05, 0.1) is 0 Å². The molecule has 0 fully saturated rings. The quantitative estimate of drug-likeness (QED) is 0.490. The minimum Gasteiger partial charge on any atom is -0.612 e. The van der Waals surface area contributed by atoms with Gasteiger partial charge in [0.25, 0.3) is 0 Å². The zero-order chi connectivity index (χ0) is 6.57. The molecule has 5 nitrogen and oxygen atoms in total. The van der Waals surface area contributed by atoms with Gasteiger partial charge in [-0.25, -0.2) is 9.39 Å². The molecular weight excluding hydrogens is 146 g/mol. The second-order valence-corrected chi connectivity index (χ2v) is 2.00. The number of hydrogen-bond acceptors (Lipinski definition) is 3. The molecule has 7 heteroatoms. The molecule has 0 radical (unpaired) electrons. The largest absolute Gasteiger partial charge is 0.612 e. The van der Waals surface area contributed by atoms with Crippen molar-refractivity contribution in [3.8, 4) is 0 Å². The second kappa shape index (κ2) is 4.53. The molecule has 2 atom stereocenters. The Balaban J connectivity index is 3.29. The molecule has 0 aromatic rings. The van der Waals surface area contributed by atoms with Gasteiger partial charge in [-0.1, -0.05) is 0 Å². The highest BCUT2D eigenvalue weighted by atomic mass is 31.1. The van der Waals surface area contributed by atoms with Crippen LogP contribution in [-0.2, 0) is 0 Å². The summed E-state index contributed by atoms with van der Waals surface area (Å²) in [7, 11) is 2.10. The first-order chi connectivity index (χ1) is 3.72. The molecule has 0 rings (SSSR count). The average Bonchev–Trinajstić information content (AvgIpc) is 1.84. The number of hydrazine groups is 1. The van der Waals surface area contributed by atoms with Gasteiger partial charge in [-0.15, -0.1) is 4.94 Å². The standard InChI is InChI=1S/CH8N4OP2/c1-8-5(6)4(2)3-7/h2,6,8H,7H2,1H3/q-2. The summed E-state index contributed by atoms with van der Waals surface area (Å²) in [6.45, 7) is 1.73. The van der Waals surface area contributed by atoms with Gasteiger partial charge in [-0.3, -0.25) is 5.21 Å². The zero-order valence-electron chi connectivity index (χ0n) is 4.37. The summed E-state index contributed by atoms with van der Waals surface area (Å²) in [4.78, 5) is 0.688. The minimum absolute atomic E-state index is 0.139. The molecule has 0 aliphatic rings. The number of rotatable bonds is 3. The lowest BCUT2D eigenvalue weighted by Crippen LogP contribution is -2.20. The SMILES string of the molecule is CPN(O)N([NH-])[N-]P. The molecule has 2 unspecified atom stereocenters. The maximum absolute atomic E-state index is 8.60. The molecule has 0 aliphatic heterocycles. The van der Waals surface area contributed by atoms with Crippen molar-refractivity contribution >= 4 is 18.1 Å². The summed E-state index contributed by atoms with van der Waals surface area (Å²) >= 11 is 0. The van der Waals surface area contributed by atoms with Gasteiger partial charge in [-0.05, 0) is 15.4 Å². The Morgan fingerprint density at radius 1 is 1.88 bits per heavy atom. The topological polar surface area (TPSA) is 64.6 Å². The number of nitrogens with zero attached hydrogens (tertiary/aromatic N) is 3. The van der Waals surface area contributed by atoms with E-state index in [9.17, 15) is 0 Å². The Morgan fingerprint density at radius 3 is 2.50 bits per heavy atom. The fourth-order valence-electron chi connectivity index (χ4n) is 0.144. The highest BCUT2D eigenvalue weighted by molar-refractivity contribution is 7.33.